The molecule has 4 rings (SSSR count). The number of nitrogens with zero attached hydrogens (tertiary/aromatic N) is 1. The fraction of sp³-hybridized carbons (Fsp3) is 0.471. The molecule has 0 radical (unpaired) electrons. The average Bonchev–Trinajstić information content (AvgIpc) is 2.63. The molecule has 1 aromatic carbocycles. The second kappa shape index (κ2) is 7.69. The van der Waals surface area contributed by atoms with Crippen molar-refractivity contribution in [2.45, 2.75) is 24.9 Å². The second-order valence-corrected chi connectivity index (χ2v) is 6.64. The Labute approximate surface area is 161 Å². The lowest BCUT2D eigenvalue weighted by atomic mass is 10.0. The predicted octanol–water partition coefficient (Wildman–Crippen LogP) is -0.0469. The zero-order chi connectivity index (χ0) is 18.3. The topological polar surface area (TPSA) is 99.8 Å². The Hall–Kier alpha value is -2.39. The second-order valence-electron chi connectivity index (χ2n) is 6.64. The molecule has 2 saturated heterocycles. The normalized spacial score (nSPS) is 24.0. The standard InChI is InChI=1S/C17H19FN4O4.ClH/c18-11-6-13-14(26-8-9-7-19-3-4-22(9)13)5-10(11)16(24)20-12-1-2-15(23)21-17(12)25;/h5-6,9,12,19H,1-4,7-8H2,(H,20,24)(H,21,23,25);1H/t9?,12-;/m0./s1. The van der Waals surface area contributed by atoms with Crippen molar-refractivity contribution < 1.29 is 23.5 Å². The van der Waals surface area contributed by atoms with Gasteiger partial charge in [0.05, 0.1) is 17.3 Å². The minimum Gasteiger partial charge on any atom is -0.489 e. The van der Waals surface area contributed by atoms with Crippen molar-refractivity contribution in [2.24, 2.45) is 0 Å². The summed E-state index contributed by atoms with van der Waals surface area (Å²) < 4.78 is 20.3. The number of hydrogen-bond donors (Lipinski definition) is 3. The monoisotopic (exact) mass is 398 g/mol. The maximum Gasteiger partial charge on any atom is 0.255 e. The van der Waals surface area contributed by atoms with Crippen LogP contribution in [0.3, 0.4) is 0 Å². The Morgan fingerprint density at radius 3 is 2.93 bits per heavy atom. The Balaban J connectivity index is 0.00000210. The Morgan fingerprint density at radius 2 is 2.15 bits per heavy atom. The number of halogens is 2. The van der Waals surface area contributed by atoms with E-state index in [4.69, 9.17) is 4.74 Å². The van der Waals surface area contributed by atoms with Crippen LogP contribution in [0.15, 0.2) is 12.1 Å². The number of fused-ring (bicyclic) bond motifs is 3. The summed E-state index contributed by atoms with van der Waals surface area (Å²) in [4.78, 5) is 37.5. The van der Waals surface area contributed by atoms with Crippen molar-refractivity contribution >= 4 is 35.8 Å². The highest BCUT2D eigenvalue weighted by atomic mass is 35.5. The Bertz CT molecular complexity index is 790. The van der Waals surface area contributed by atoms with Gasteiger partial charge >= 0.3 is 0 Å². The number of imide groups is 1. The summed E-state index contributed by atoms with van der Waals surface area (Å²) in [5.41, 5.74) is 0.458. The van der Waals surface area contributed by atoms with Gasteiger partial charge in [0, 0.05) is 32.1 Å². The van der Waals surface area contributed by atoms with E-state index in [1.165, 1.54) is 12.1 Å². The molecule has 3 amide bonds. The van der Waals surface area contributed by atoms with Gasteiger partial charge in [-0.15, -0.1) is 12.4 Å². The van der Waals surface area contributed by atoms with Gasteiger partial charge in [-0.1, -0.05) is 0 Å². The number of hydrogen-bond acceptors (Lipinski definition) is 6. The Kier molecular flexibility index (Phi) is 5.52. The number of benzene rings is 1. The van der Waals surface area contributed by atoms with Gasteiger partial charge in [-0.25, -0.2) is 4.39 Å². The molecule has 0 saturated carbocycles. The molecule has 2 atom stereocenters. The van der Waals surface area contributed by atoms with Gasteiger partial charge in [0.1, 0.15) is 24.2 Å². The molecule has 3 N–H and O–H groups in total. The van der Waals surface area contributed by atoms with E-state index in [1.807, 2.05) is 0 Å². The van der Waals surface area contributed by atoms with Crippen molar-refractivity contribution in [2.75, 3.05) is 31.1 Å². The van der Waals surface area contributed by atoms with Gasteiger partial charge in [-0.3, -0.25) is 19.7 Å². The zero-order valence-electron chi connectivity index (χ0n) is 14.4. The molecular formula is C17H20ClFN4O4. The summed E-state index contributed by atoms with van der Waals surface area (Å²) in [5.74, 6) is -1.87. The zero-order valence-corrected chi connectivity index (χ0v) is 15.2. The third-order valence-corrected chi connectivity index (χ3v) is 4.93. The van der Waals surface area contributed by atoms with Crippen LogP contribution in [-0.4, -0.2) is 56.0 Å². The predicted molar refractivity (Wildman–Crippen MR) is 96.8 cm³/mol. The van der Waals surface area contributed by atoms with Crippen molar-refractivity contribution in [3.05, 3.63) is 23.5 Å². The first kappa shape index (κ1) is 19.4. The summed E-state index contributed by atoms with van der Waals surface area (Å²) in [6, 6.07) is 1.98. The summed E-state index contributed by atoms with van der Waals surface area (Å²) in [6.45, 7) is 2.76. The molecule has 3 aliphatic rings. The molecule has 1 aromatic rings. The fourth-order valence-electron chi connectivity index (χ4n) is 3.54. The van der Waals surface area contributed by atoms with Crippen LogP contribution in [0.2, 0.25) is 0 Å². The van der Waals surface area contributed by atoms with E-state index >= 15 is 0 Å². The molecule has 10 heteroatoms. The van der Waals surface area contributed by atoms with Gasteiger partial charge in [0.15, 0.2) is 0 Å². The molecule has 146 valence electrons. The molecule has 2 fully saturated rings. The molecule has 1 unspecified atom stereocenters. The lowest BCUT2D eigenvalue weighted by Gasteiger charge is -2.42. The number of anilines is 1. The summed E-state index contributed by atoms with van der Waals surface area (Å²) in [5, 5.41) is 7.92. The van der Waals surface area contributed by atoms with Crippen LogP contribution in [0, 0.1) is 5.82 Å². The quantitative estimate of drug-likeness (QED) is 0.604. The van der Waals surface area contributed by atoms with Crippen LogP contribution >= 0.6 is 12.4 Å². The summed E-state index contributed by atoms with van der Waals surface area (Å²) >= 11 is 0. The van der Waals surface area contributed by atoms with Gasteiger partial charge in [0.2, 0.25) is 11.8 Å². The smallest absolute Gasteiger partial charge is 0.255 e. The minimum absolute atomic E-state index is 0. The average molecular weight is 399 g/mol. The highest BCUT2D eigenvalue weighted by molar-refractivity contribution is 6.04. The van der Waals surface area contributed by atoms with E-state index in [2.05, 4.69) is 20.9 Å². The third-order valence-electron chi connectivity index (χ3n) is 4.93. The van der Waals surface area contributed by atoms with Gasteiger partial charge < -0.3 is 20.3 Å². The number of nitrogens with one attached hydrogen (secondary N) is 3. The van der Waals surface area contributed by atoms with Crippen LogP contribution in [0.1, 0.15) is 23.2 Å². The summed E-state index contributed by atoms with van der Waals surface area (Å²) in [6.07, 6.45) is 0.332. The third kappa shape index (κ3) is 3.70. The molecule has 0 spiro atoms. The van der Waals surface area contributed by atoms with Gasteiger partial charge in [-0.05, 0) is 12.5 Å². The van der Waals surface area contributed by atoms with E-state index in [9.17, 15) is 18.8 Å². The van der Waals surface area contributed by atoms with E-state index in [1.54, 1.807) is 0 Å². The number of carbonyl (C=O) groups excluding carboxylic acids is 3. The number of amides is 3. The minimum atomic E-state index is -0.853. The molecule has 27 heavy (non-hydrogen) atoms. The number of ether oxygens (including phenoxy) is 1. The number of rotatable bonds is 2. The van der Waals surface area contributed by atoms with Crippen LogP contribution in [0.4, 0.5) is 10.1 Å². The number of piperidine rings is 1. The van der Waals surface area contributed by atoms with E-state index < -0.39 is 23.7 Å². The maximum atomic E-state index is 14.6. The molecule has 3 heterocycles. The van der Waals surface area contributed by atoms with E-state index in [0.717, 1.165) is 19.6 Å². The Morgan fingerprint density at radius 1 is 1.33 bits per heavy atom. The lowest BCUT2D eigenvalue weighted by molar-refractivity contribution is -0.134. The van der Waals surface area contributed by atoms with Crippen LogP contribution in [0.5, 0.6) is 5.75 Å². The molecule has 8 nitrogen and oxygen atoms in total. The van der Waals surface area contributed by atoms with Crippen LogP contribution < -0.4 is 25.6 Å². The fourth-order valence-corrected chi connectivity index (χ4v) is 3.54. The molecule has 0 aromatic heterocycles. The first-order valence-corrected chi connectivity index (χ1v) is 8.61. The van der Waals surface area contributed by atoms with Crippen molar-refractivity contribution in [1.82, 2.24) is 16.0 Å². The van der Waals surface area contributed by atoms with Crippen LogP contribution in [-0.2, 0) is 9.59 Å². The van der Waals surface area contributed by atoms with E-state index in [0.29, 0.717) is 18.0 Å². The SMILES string of the molecule is Cl.O=C1CC[C@H](NC(=O)c2cc3c(cc2F)N2CCNCC2CO3)C(=O)N1. The van der Waals surface area contributed by atoms with Gasteiger partial charge in [0.25, 0.3) is 5.91 Å². The van der Waals surface area contributed by atoms with Gasteiger partial charge in [-0.2, -0.15) is 0 Å². The number of piperazine rings is 1. The van der Waals surface area contributed by atoms with E-state index in [-0.39, 0.29) is 42.8 Å². The lowest BCUT2D eigenvalue weighted by Crippen LogP contribution is -2.55. The first-order chi connectivity index (χ1) is 12.5. The van der Waals surface area contributed by atoms with Crippen LogP contribution in [0.25, 0.3) is 0 Å². The first-order valence-electron chi connectivity index (χ1n) is 8.61. The highest BCUT2D eigenvalue weighted by Gasteiger charge is 2.33. The highest BCUT2D eigenvalue weighted by Crippen LogP contribution is 2.36. The van der Waals surface area contributed by atoms with Crippen molar-refractivity contribution in [1.29, 1.82) is 0 Å². The molecular weight excluding hydrogens is 379 g/mol. The largest absolute Gasteiger partial charge is 0.489 e. The summed E-state index contributed by atoms with van der Waals surface area (Å²) in [7, 11) is 0. The van der Waals surface area contributed by atoms with Crippen molar-refractivity contribution in [3.63, 3.8) is 0 Å². The molecule has 3 aliphatic heterocycles. The maximum absolute atomic E-state index is 14.6. The number of carbonyl (C=O) groups is 3. The molecule has 0 bridgehead atoms. The molecule has 0 aliphatic carbocycles. The van der Waals surface area contributed by atoms with Crippen molar-refractivity contribution in [3.8, 4) is 5.75 Å².